The Labute approximate surface area is 93.7 Å². The van der Waals surface area contributed by atoms with Crippen molar-refractivity contribution in [3.8, 4) is 0 Å². The first-order valence-corrected chi connectivity index (χ1v) is 6.69. The van der Waals surface area contributed by atoms with Gasteiger partial charge in [0.05, 0.1) is 0 Å². The van der Waals surface area contributed by atoms with Gasteiger partial charge in [-0.3, -0.25) is 4.55 Å². The molecular weight excluding hydrogens is 242 g/mol. The van der Waals surface area contributed by atoms with Gasteiger partial charge in [-0.05, 0) is 18.8 Å². The molecule has 0 bridgehead atoms. The average Bonchev–Trinajstić information content (AvgIpc) is 2.17. The monoisotopic (exact) mass is 258 g/mol. The smallest absolute Gasteiger partial charge is 0.374 e. The molecule has 1 aliphatic carbocycles. The van der Waals surface area contributed by atoms with Crippen LogP contribution in [-0.4, -0.2) is 31.4 Å². The van der Waals surface area contributed by atoms with Crippen LogP contribution in [0.15, 0.2) is 0 Å². The standard InChI is InChI=1S/C9H16F2O4S/c10-9(11,16(12,13)14)7-15-6-8-4-2-1-3-5-8/h8H,1-7H2,(H,12,13,14). The summed E-state index contributed by atoms with van der Waals surface area (Å²) in [5, 5.41) is -4.21. The van der Waals surface area contributed by atoms with Crippen LogP contribution in [0.25, 0.3) is 0 Å². The van der Waals surface area contributed by atoms with E-state index in [9.17, 15) is 17.2 Å². The normalized spacial score (nSPS) is 19.9. The van der Waals surface area contributed by atoms with E-state index in [-0.39, 0.29) is 12.5 Å². The number of hydrogen-bond acceptors (Lipinski definition) is 3. The van der Waals surface area contributed by atoms with Crippen LogP contribution in [0.3, 0.4) is 0 Å². The van der Waals surface area contributed by atoms with E-state index < -0.39 is 22.0 Å². The molecule has 0 aliphatic heterocycles. The van der Waals surface area contributed by atoms with Gasteiger partial charge >= 0.3 is 15.4 Å². The van der Waals surface area contributed by atoms with E-state index in [1.165, 1.54) is 0 Å². The number of hydrogen-bond donors (Lipinski definition) is 1. The zero-order chi connectivity index (χ0) is 12.2. The quantitative estimate of drug-likeness (QED) is 0.767. The first-order chi connectivity index (χ1) is 7.33. The molecule has 0 spiro atoms. The predicted molar refractivity (Wildman–Crippen MR) is 53.9 cm³/mol. The maximum Gasteiger partial charge on any atom is 0.392 e. The van der Waals surface area contributed by atoms with Crippen molar-refractivity contribution >= 4 is 10.1 Å². The lowest BCUT2D eigenvalue weighted by atomic mass is 9.90. The summed E-state index contributed by atoms with van der Waals surface area (Å²) in [6.07, 6.45) is 5.12. The molecule has 0 aromatic carbocycles. The SMILES string of the molecule is O=S(=O)(O)C(F)(F)COCC1CCCCC1. The van der Waals surface area contributed by atoms with Crippen LogP contribution in [0.4, 0.5) is 8.78 Å². The molecule has 4 nitrogen and oxygen atoms in total. The van der Waals surface area contributed by atoms with Gasteiger partial charge in [0.1, 0.15) is 6.61 Å². The zero-order valence-electron chi connectivity index (χ0n) is 8.86. The third-order valence-corrected chi connectivity index (χ3v) is 3.60. The molecule has 7 heteroatoms. The lowest BCUT2D eigenvalue weighted by molar-refractivity contribution is -0.0330. The molecule has 0 heterocycles. The summed E-state index contributed by atoms with van der Waals surface area (Å²) in [5.74, 6) is 0.228. The topological polar surface area (TPSA) is 63.6 Å². The molecular formula is C9H16F2O4S. The Morgan fingerprint density at radius 2 is 1.81 bits per heavy atom. The fourth-order valence-electron chi connectivity index (χ4n) is 1.77. The van der Waals surface area contributed by atoms with Crippen molar-refractivity contribution in [1.82, 2.24) is 0 Å². The summed E-state index contributed by atoms with van der Waals surface area (Å²) in [6.45, 7) is -1.15. The molecule has 16 heavy (non-hydrogen) atoms. The maximum atomic E-state index is 12.7. The average molecular weight is 258 g/mol. The lowest BCUT2D eigenvalue weighted by Gasteiger charge is -2.22. The minimum absolute atomic E-state index is 0.130. The molecule has 1 N–H and O–H groups in total. The summed E-state index contributed by atoms with van der Waals surface area (Å²) in [4.78, 5) is 0. The summed E-state index contributed by atoms with van der Waals surface area (Å²) in [5.41, 5.74) is 0. The summed E-state index contributed by atoms with van der Waals surface area (Å²) in [7, 11) is -5.36. The Morgan fingerprint density at radius 1 is 1.25 bits per heavy atom. The van der Waals surface area contributed by atoms with Crippen LogP contribution in [0.1, 0.15) is 32.1 Å². The third-order valence-electron chi connectivity index (χ3n) is 2.73. The van der Waals surface area contributed by atoms with Crippen LogP contribution < -0.4 is 0 Å². The highest BCUT2D eigenvalue weighted by molar-refractivity contribution is 7.86. The minimum atomic E-state index is -5.36. The Kier molecular flexibility index (Phi) is 4.63. The molecule has 1 saturated carbocycles. The molecule has 0 saturated heterocycles. The Hall–Kier alpha value is -0.270. The van der Waals surface area contributed by atoms with Gasteiger partial charge < -0.3 is 4.74 Å². The van der Waals surface area contributed by atoms with Crippen molar-refractivity contribution in [1.29, 1.82) is 0 Å². The van der Waals surface area contributed by atoms with E-state index in [0.29, 0.717) is 0 Å². The highest BCUT2D eigenvalue weighted by Crippen LogP contribution is 2.25. The highest BCUT2D eigenvalue weighted by Gasteiger charge is 2.44. The van der Waals surface area contributed by atoms with Crippen molar-refractivity contribution in [3.63, 3.8) is 0 Å². The van der Waals surface area contributed by atoms with E-state index >= 15 is 0 Å². The molecule has 1 rings (SSSR count). The van der Waals surface area contributed by atoms with Crippen LogP contribution in [0.2, 0.25) is 0 Å². The molecule has 0 amide bonds. The lowest BCUT2D eigenvalue weighted by Crippen LogP contribution is -2.34. The number of alkyl halides is 2. The second-order valence-electron chi connectivity index (χ2n) is 4.13. The first kappa shape index (κ1) is 13.8. The largest absolute Gasteiger partial charge is 0.392 e. The van der Waals surface area contributed by atoms with E-state index in [2.05, 4.69) is 4.74 Å². The van der Waals surface area contributed by atoms with Gasteiger partial charge in [0, 0.05) is 6.61 Å². The molecule has 1 fully saturated rings. The van der Waals surface area contributed by atoms with Gasteiger partial charge in [0.25, 0.3) is 0 Å². The molecule has 0 radical (unpaired) electrons. The fourth-order valence-corrected chi connectivity index (χ4v) is 2.00. The van der Waals surface area contributed by atoms with Gasteiger partial charge in [0.15, 0.2) is 0 Å². The highest BCUT2D eigenvalue weighted by atomic mass is 32.2. The van der Waals surface area contributed by atoms with Crippen molar-refractivity contribution in [3.05, 3.63) is 0 Å². The van der Waals surface area contributed by atoms with Crippen LogP contribution in [0.5, 0.6) is 0 Å². The fraction of sp³-hybridized carbons (Fsp3) is 1.00. The van der Waals surface area contributed by atoms with E-state index in [1.54, 1.807) is 0 Å². The van der Waals surface area contributed by atoms with Crippen LogP contribution >= 0.6 is 0 Å². The Balaban J connectivity index is 2.29. The minimum Gasteiger partial charge on any atom is -0.374 e. The number of ether oxygens (including phenoxy) is 1. The first-order valence-electron chi connectivity index (χ1n) is 5.25. The van der Waals surface area contributed by atoms with Gasteiger partial charge in [-0.15, -0.1) is 0 Å². The third kappa shape index (κ3) is 3.95. The van der Waals surface area contributed by atoms with Crippen LogP contribution in [-0.2, 0) is 14.9 Å². The molecule has 0 aromatic rings. The Morgan fingerprint density at radius 3 is 2.31 bits per heavy atom. The predicted octanol–water partition coefficient (Wildman–Crippen LogP) is 2.06. The zero-order valence-corrected chi connectivity index (χ0v) is 9.68. The molecule has 0 aromatic heterocycles. The summed E-state index contributed by atoms with van der Waals surface area (Å²) < 4.78 is 58.9. The van der Waals surface area contributed by atoms with Gasteiger partial charge in [-0.2, -0.15) is 17.2 Å². The molecule has 0 atom stereocenters. The maximum absolute atomic E-state index is 12.7. The van der Waals surface area contributed by atoms with E-state index in [0.717, 1.165) is 32.1 Å². The number of halogens is 2. The second-order valence-corrected chi connectivity index (χ2v) is 5.68. The van der Waals surface area contributed by atoms with E-state index in [1.807, 2.05) is 0 Å². The molecule has 0 unspecified atom stereocenters. The van der Waals surface area contributed by atoms with Crippen molar-refractivity contribution in [2.24, 2.45) is 5.92 Å². The van der Waals surface area contributed by atoms with Gasteiger partial charge in [0.2, 0.25) is 0 Å². The van der Waals surface area contributed by atoms with Gasteiger partial charge in [-0.25, -0.2) is 0 Å². The van der Waals surface area contributed by atoms with Crippen LogP contribution in [0, 0.1) is 5.92 Å². The molecule has 96 valence electrons. The number of rotatable bonds is 5. The van der Waals surface area contributed by atoms with Crippen molar-refractivity contribution in [2.45, 2.75) is 37.4 Å². The summed E-state index contributed by atoms with van der Waals surface area (Å²) in [6, 6.07) is 0. The van der Waals surface area contributed by atoms with Crippen molar-refractivity contribution in [2.75, 3.05) is 13.2 Å². The van der Waals surface area contributed by atoms with Gasteiger partial charge in [-0.1, -0.05) is 19.3 Å². The second kappa shape index (κ2) is 5.37. The van der Waals surface area contributed by atoms with E-state index in [4.69, 9.17) is 4.55 Å². The summed E-state index contributed by atoms with van der Waals surface area (Å²) >= 11 is 0. The molecule has 1 aliphatic rings. The Bertz CT molecular complexity index is 309. The van der Waals surface area contributed by atoms with Crippen molar-refractivity contribution < 1.29 is 26.5 Å².